The average molecular weight is 351 g/mol. The van der Waals surface area contributed by atoms with Crippen molar-refractivity contribution in [3.05, 3.63) is 22.2 Å². The Morgan fingerprint density at radius 2 is 1.90 bits per heavy atom. The van der Waals surface area contributed by atoms with Crippen LogP contribution in [-0.2, 0) is 10.0 Å². The predicted molar refractivity (Wildman–Crippen MR) is 87.2 cm³/mol. The van der Waals surface area contributed by atoms with Crippen LogP contribution in [0, 0.1) is 11.3 Å². The molecule has 1 atom stereocenters. The van der Waals surface area contributed by atoms with Gasteiger partial charge in [0.2, 0.25) is 10.0 Å². The number of nitrogen functional groups attached to an aromatic ring is 1. The maximum absolute atomic E-state index is 12.8. The van der Waals surface area contributed by atoms with Gasteiger partial charge < -0.3 is 5.73 Å². The van der Waals surface area contributed by atoms with Gasteiger partial charge >= 0.3 is 0 Å². The summed E-state index contributed by atoms with van der Waals surface area (Å²) in [4.78, 5) is -0.0388. The first-order valence-electron chi connectivity index (χ1n) is 6.78. The maximum Gasteiger partial charge on any atom is 0.246 e. The SMILES string of the molecule is CC(C)(C)C1CCN(S(=O)(=O)c2c(N)cc(Cl)cc2Cl)C1. The first kappa shape index (κ1) is 16.9. The third-order valence-electron chi connectivity index (χ3n) is 4.01. The van der Waals surface area contributed by atoms with Crippen LogP contribution in [0.2, 0.25) is 10.0 Å². The summed E-state index contributed by atoms with van der Waals surface area (Å²) in [6.45, 7) is 7.35. The molecular weight excluding hydrogens is 331 g/mol. The van der Waals surface area contributed by atoms with Crippen molar-refractivity contribution < 1.29 is 8.42 Å². The summed E-state index contributed by atoms with van der Waals surface area (Å²) in [6.07, 6.45) is 0.841. The Kier molecular flexibility index (Phi) is 4.51. The van der Waals surface area contributed by atoms with E-state index >= 15 is 0 Å². The zero-order valence-electron chi connectivity index (χ0n) is 12.4. The van der Waals surface area contributed by atoms with Gasteiger partial charge in [-0.3, -0.25) is 0 Å². The molecule has 2 rings (SSSR count). The van der Waals surface area contributed by atoms with E-state index in [1.807, 2.05) is 0 Å². The van der Waals surface area contributed by atoms with E-state index in [9.17, 15) is 8.42 Å². The predicted octanol–water partition coefficient (Wildman–Crippen LogP) is 3.63. The van der Waals surface area contributed by atoms with Crippen LogP contribution >= 0.6 is 23.2 Å². The summed E-state index contributed by atoms with van der Waals surface area (Å²) in [7, 11) is -3.69. The molecule has 1 aliphatic heterocycles. The van der Waals surface area contributed by atoms with Gasteiger partial charge in [-0.1, -0.05) is 44.0 Å². The highest BCUT2D eigenvalue weighted by Crippen LogP contribution is 2.39. The van der Waals surface area contributed by atoms with Gasteiger partial charge in [-0.15, -0.1) is 0 Å². The van der Waals surface area contributed by atoms with E-state index in [0.29, 0.717) is 24.0 Å². The number of benzene rings is 1. The summed E-state index contributed by atoms with van der Waals surface area (Å²) in [6, 6.07) is 2.82. The van der Waals surface area contributed by atoms with Gasteiger partial charge in [-0.25, -0.2) is 8.42 Å². The molecule has 21 heavy (non-hydrogen) atoms. The number of anilines is 1. The number of nitrogens with zero attached hydrogens (tertiary/aromatic N) is 1. The largest absolute Gasteiger partial charge is 0.398 e. The number of rotatable bonds is 2. The zero-order valence-corrected chi connectivity index (χ0v) is 14.7. The van der Waals surface area contributed by atoms with Crippen LogP contribution in [0.15, 0.2) is 17.0 Å². The second-order valence-corrected chi connectivity index (χ2v) is 9.24. The lowest BCUT2D eigenvalue weighted by molar-refractivity contribution is 0.252. The van der Waals surface area contributed by atoms with E-state index < -0.39 is 10.0 Å². The van der Waals surface area contributed by atoms with E-state index in [1.54, 1.807) is 0 Å². The Hall–Kier alpha value is -0.490. The molecule has 0 bridgehead atoms. The molecular formula is C14H20Cl2N2O2S. The third-order valence-corrected chi connectivity index (χ3v) is 6.62. The Labute approximate surface area is 136 Å². The molecule has 0 aromatic heterocycles. The molecule has 0 radical (unpaired) electrons. The van der Waals surface area contributed by atoms with Gasteiger partial charge in [0.1, 0.15) is 4.90 Å². The maximum atomic E-state index is 12.8. The summed E-state index contributed by atoms with van der Waals surface area (Å²) in [5, 5.41) is 0.393. The fourth-order valence-electron chi connectivity index (χ4n) is 2.63. The number of sulfonamides is 1. The van der Waals surface area contributed by atoms with E-state index in [-0.39, 0.29) is 21.0 Å². The van der Waals surface area contributed by atoms with Gasteiger partial charge in [-0.2, -0.15) is 4.31 Å². The lowest BCUT2D eigenvalue weighted by Gasteiger charge is -2.27. The van der Waals surface area contributed by atoms with Crippen LogP contribution in [0.1, 0.15) is 27.2 Å². The highest BCUT2D eigenvalue weighted by Gasteiger charge is 2.39. The quantitative estimate of drug-likeness (QED) is 0.828. The first-order valence-corrected chi connectivity index (χ1v) is 8.97. The lowest BCUT2D eigenvalue weighted by atomic mass is 9.80. The van der Waals surface area contributed by atoms with Crippen molar-refractivity contribution in [3.8, 4) is 0 Å². The van der Waals surface area contributed by atoms with E-state index in [0.717, 1.165) is 6.42 Å². The fraction of sp³-hybridized carbons (Fsp3) is 0.571. The van der Waals surface area contributed by atoms with Crippen LogP contribution in [-0.4, -0.2) is 25.8 Å². The van der Waals surface area contributed by atoms with E-state index in [1.165, 1.54) is 16.4 Å². The molecule has 7 heteroatoms. The van der Waals surface area contributed by atoms with Crippen LogP contribution in [0.25, 0.3) is 0 Å². The van der Waals surface area contributed by atoms with Crippen LogP contribution in [0.4, 0.5) is 5.69 Å². The summed E-state index contributed by atoms with van der Waals surface area (Å²) < 4.78 is 27.0. The summed E-state index contributed by atoms with van der Waals surface area (Å²) >= 11 is 11.9. The minimum atomic E-state index is -3.69. The second-order valence-electron chi connectivity index (χ2n) is 6.52. The number of nitrogens with two attached hydrogens (primary N) is 1. The first-order chi connectivity index (χ1) is 9.53. The molecule has 1 fully saturated rings. The van der Waals surface area contributed by atoms with Crippen molar-refractivity contribution in [1.29, 1.82) is 0 Å². The normalized spacial score (nSPS) is 20.9. The van der Waals surface area contributed by atoms with Crippen LogP contribution in [0.5, 0.6) is 0 Å². The Morgan fingerprint density at radius 1 is 1.29 bits per heavy atom. The van der Waals surface area contributed by atoms with Crippen LogP contribution in [0.3, 0.4) is 0 Å². The Balaban J connectivity index is 2.37. The summed E-state index contributed by atoms with van der Waals surface area (Å²) in [5.41, 5.74) is 5.98. The molecule has 0 amide bonds. The smallest absolute Gasteiger partial charge is 0.246 e. The van der Waals surface area contributed by atoms with E-state index in [4.69, 9.17) is 28.9 Å². The zero-order chi connectivity index (χ0) is 16.0. The van der Waals surface area contributed by atoms with Crippen molar-refractivity contribution in [2.45, 2.75) is 32.1 Å². The second kappa shape index (κ2) is 5.61. The number of halogens is 2. The lowest BCUT2D eigenvalue weighted by Crippen LogP contribution is -2.31. The molecule has 0 saturated carbocycles. The number of hydrogen-bond acceptors (Lipinski definition) is 3. The average Bonchev–Trinajstić information content (AvgIpc) is 2.75. The van der Waals surface area contributed by atoms with Crippen molar-refractivity contribution in [1.82, 2.24) is 4.31 Å². The van der Waals surface area contributed by atoms with Crippen molar-refractivity contribution >= 4 is 38.9 Å². The molecule has 1 saturated heterocycles. The minimum absolute atomic E-state index is 0.0388. The van der Waals surface area contributed by atoms with Crippen molar-refractivity contribution in [2.24, 2.45) is 11.3 Å². The van der Waals surface area contributed by atoms with Gasteiger partial charge in [0.05, 0.1) is 10.7 Å². The third kappa shape index (κ3) is 3.31. The molecule has 0 spiro atoms. The molecule has 118 valence electrons. The standard InChI is InChI=1S/C14H20Cl2N2O2S/c1-14(2,3)9-4-5-18(8-9)21(19,20)13-11(16)6-10(15)7-12(13)17/h6-7,9H,4-5,8,17H2,1-3H3. The van der Waals surface area contributed by atoms with E-state index in [2.05, 4.69) is 20.8 Å². The van der Waals surface area contributed by atoms with Gasteiger partial charge in [0.15, 0.2) is 0 Å². The monoisotopic (exact) mass is 350 g/mol. The molecule has 4 nitrogen and oxygen atoms in total. The minimum Gasteiger partial charge on any atom is -0.398 e. The summed E-state index contributed by atoms with van der Waals surface area (Å²) in [5.74, 6) is 0.319. The molecule has 0 aliphatic carbocycles. The van der Waals surface area contributed by atoms with Crippen molar-refractivity contribution in [3.63, 3.8) is 0 Å². The Morgan fingerprint density at radius 3 is 2.38 bits per heavy atom. The molecule has 1 heterocycles. The fourth-order valence-corrected chi connectivity index (χ4v) is 5.08. The van der Waals surface area contributed by atoms with Crippen molar-refractivity contribution in [2.75, 3.05) is 18.8 Å². The van der Waals surface area contributed by atoms with Gasteiger partial charge in [0.25, 0.3) is 0 Å². The van der Waals surface area contributed by atoms with Gasteiger partial charge in [-0.05, 0) is 29.9 Å². The highest BCUT2D eigenvalue weighted by molar-refractivity contribution is 7.89. The topological polar surface area (TPSA) is 63.4 Å². The molecule has 1 aliphatic rings. The Bertz CT molecular complexity index is 630. The molecule has 1 unspecified atom stereocenters. The van der Waals surface area contributed by atoms with Gasteiger partial charge in [0, 0.05) is 18.1 Å². The van der Waals surface area contributed by atoms with Crippen LogP contribution < -0.4 is 5.73 Å². The molecule has 2 N–H and O–H groups in total. The molecule has 1 aromatic carbocycles. The highest BCUT2D eigenvalue weighted by atomic mass is 35.5. The molecule has 1 aromatic rings. The number of hydrogen-bond donors (Lipinski definition) is 1.